The van der Waals surface area contributed by atoms with Crippen LogP contribution in [-0.2, 0) is 0 Å². The first-order chi connectivity index (χ1) is 11.6. The fourth-order valence-corrected chi connectivity index (χ4v) is 4.65. The maximum atomic E-state index is 6.33. The van der Waals surface area contributed by atoms with Gasteiger partial charge in [0.05, 0.1) is 20.9 Å². The van der Waals surface area contributed by atoms with E-state index < -0.39 is 0 Å². The largest absolute Gasteiger partial charge is 0.367 e. The molecular formula is C19H20ClN3S. The quantitative estimate of drug-likeness (QED) is 0.650. The van der Waals surface area contributed by atoms with Gasteiger partial charge in [0.1, 0.15) is 0 Å². The molecule has 1 aromatic heterocycles. The Hall–Kier alpha value is -1.78. The number of piperazine rings is 1. The lowest BCUT2D eigenvalue weighted by Crippen LogP contribution is -2.46. The Morgan fingerprint density at radius 2 is 1.58 bits per heavy atom. The predicted molar refractivity (Wildman–Crippen MR) is 105 cm³/mol. The molecule has 1 aliphatic heterocycles. The van der Waals surface area contributed by atoms with Gasteiger partial charge in [0.15, 0.2) is 5.13 Å². The number of thiazole rings is 1. The lowest BCUT2D eigenvalue weighted by Gasteiger charge is -2.36. The van der Waals surface area contributed by atoms with Gasteiger partial charge in [0.2, 0.25) is 0 Å². The Morgan fingerprint density at radius 3 is 2.29 bits per heavy atom. The minimum absolute atomic E-state index is 0.831. The maximum Gasteiger partial charge on any atom is 0.186 e. The number of aryl methyl sites for hydroxylation is 2. The van der Waals surface area contributed by atoms with E-state index in [1.54, 1.807) is 0 Å². The van der Waals surface area contributed by atoms with E-state index in [1.165, 1.54) is 15.8 Å². The van der Waals surface area contributed by atoms with Crippen molar-refractivity contribution in [1.82, 2.24) is 4.98 Å². The molecule has 0 saturated carbocycles. The zero-order valence-corrected chi connectivity index (χ0v) is 15.5. The summed E-state index contributed by atoms with van der Waals surface area (Å²) in [6.45, 7) is 8.20. The van der Waals surface area contributed by atoms with Crippen molar-refractivity contribution in [2.45, 2.75) is 13.8 Å². The molecule has 124 valence electrons. The van der Waals surface area contributed by atoms with E-state index in [9.17, 15) is 0 Å². The minimum Gasteiger partial charge on any atom is -0.367 e. The van der Waals surface area contributed by atoms with Gasteiger partial charge in [0.25, 0.3) is 0 Å². The maximum absolute atomic E-state index is 6.33. The van der Waals surface area contributed by atoms with Crippen molar-refractivity contribution in [3.8, 4) is 0 Å². The number of fused-ring (bicyclic) bond motifs is 1. The highest BCUT2D eigenvalue weighted by atomic mass is 35.5. The summed E-state index contributed by atoms with van der Waals surface area (Å²) in [5.74, 6) is 0. The van der Waals surface area contributed by atoms with Crippen LogP contribution >= 0.6 is 22.9 Å². The van der Waals surface area contributed by atoms with Gasteiger partial charge in [-0.05, 0) is 37.1 Å². The SMILES string of the molecule is Cc1ccc(C)c2sc(N3CCN(c4ccccc4Cl)CC3)nc12. The highest BCUT2D eigenvalue weighted by Crippen LogP contribution is 2.34. The van der Waals surface area contributed by atoms with Crippen LogP contribution < -0.4 is 9.80 Å². The van der Waals surface area contributed by atoms with Gasteiger partial charge in [-0.2, -0.15) is 0 Å². The third kappa shape index (κ3) is 2.74. The van der Waals surface area contributed by atoms with Gasteiger partial charge in [0, 0.05) is 26.2 Å². The van der Waals surface area contributed by atoms with Gasteiger partial charge in [-0.15, -0.1) is 0 Å². The molecule has 0 aliphatic carbocycles. The molecular weight excluding hydrogens is 338 g/mol. The van der Waals surface area contributed by atoms with Crippen molar-refractivity contribution in [3.63, 3.8) is 0 Å². The van der Waals surface area contributed by atoms with Crippen LogP contribution in [0.5, 0.6) is 0 Å². The summed E-state index contributed by atoms with van der Waals surface area (Å²) in [5, 5.41) is 1.97. The van der Waals surface area contributed by atoms with Crippen molar-refractivity contribution in [1.29, 1.82) is 0 Å². The van der Waals surface area contributed by atoms with Crippen LogP contribution in [-0.4, -0.2) is 31.2 Å². The Kier molecular flexibility index (Phi) is 4.10. The Bertz CT molecular complexity index is 842. The zero-order valence-electron chi connectivity index (χ0n) is 13.9. The number of para-hydroxylation sites is 1. The smallest absolute Gasteiger partial charge is 0.186 e. The van der Waals surface area contributed by atoms with Crippen LogP contribution in [0.2, 0.25) is 5.02 Å². The van der Waals surface area contributed by atoms with Gasteiger partial charge in [-0.25, -0.2) is 4.98 Å². The molecule has 24 heavy (non-hydrogen) atoms. The second kappa shape index (κ2) is 6.26. The Balaban J connectivity index is 1.55. The molecule has 3 nitrogen and oxygen atoms in total. The third-order valence-electron chi connectivity index (χ3n) is 4.67. The summed E-state index contributed by atoms with van der Waals surface area (Å²) in [4.78, 5) is 9.68. The summed E-state index contributed by atoms with van der Waals surface area (Å²) < 4.78 is 1.32. The number of rotatable bonds is 2. The van der Waals surface area contributed by atoms with Crippen molar-refractivity contribution >= 4 is 44.0 Å². The van der Waals surface area contributed by atoms with Gasteiger partial charge in [-0.1, -0.05) is 47.2 Å². The van der Waals surface area contributed by atoms with E-state index in [-0.39, 0.29) is 0 Å². The number of hydrogen-bond donors (Lipinski definition) is 0. The van der Waals surface area contributed by atoms with Gasteiger partial charge in [-0.3, -0.25) is 0 Å². The van der Waals surface area contributed by atoms with Crippen molar-refractivity contribution in [3.05, 3.63) is 52.5 Å². The standard InChI is InChI=1S/C19H20ClN3S/c1-13-7-8-14(2)18-17(13)21-19(24-18)23-11-9-22(10-12-23)16-6-4-3-5-15(16)20/h3-8H,9-12H2,1-2H3. The highest BCUT2D eigenvalue weighted by molar-refractivity contribution is 7.22. The summed E-state index contributed by atoms with van der Waals surface area (Å²) >= 11 is 8.15. The molecule has 0 bridgehead atoms. The van der Waals surface area contributed by atoms with E-state index in [0.29, 0.717) is 0 Å². The fraction of sp³-hybridized carbons (Fsp3) is 0.316. The van der Waals surface area contributed by atoms with Crippen LogP contribution in [0.4, 0.5) is 10.8 Å². The first kappa shape index (κ1) is 15.7. The second-order valence-electron chi connectivity index (χ2n) is 6.30. The van der Waals surface area contributed by atoms with Crippen molar-refractivity contribution in [2.75, 3.05) is 36.0 Å². The van der Waals surface area contributed by atoms with E-state index in [0.717, 1.165) is 47.5 Å². The predicted octanol–water partition coefficient (Wildman–Crippen LogP) is 4.89. The minimum atomic E-state index is 0.831. The number of halogens is 1. The van der Waals surface area contributed by atoms with E-state index in [1.807, 2.05) is 29.5 Å². The Morgan fingerprint density at radius 1 is 0.917 bits per heavy atom. The molecule has 0 amide bonds. The monoisotopic (exact) mass is 357 g/mol. The molecule has 2 aromatic carbocycles. The summed E-state index contributed by atoms with van der Waals surface area (Å²) in [6.07, 6.45) is 0. The third-order valence-corrected chi connectivity index (χ3v) is 6.25. The van der Waals surface area contributed by atoms with Crippen molar-refractivity contribution in [2.24, 2.45) is 0 Å². The lowest BCUT2D eigenvalue weighted by atomic mass is 10.1. The number of anilines is 2. The normalized spacial score (nSPS) is 15.3. The van der Waals surface area contributed by atoms with Crippen LogP contribution in [0.1, 0.15) is 11.1 Å². The number of aromatic nitrogens is 1. The topological polar surface area (TPSA) is 19.4 Å². The molecule has 0 N–H and O–H groups in total. The molecule has 0 spiro atoms. The molecule has 4 rings (SSSR count). The molecule has 1 fully saturated rings. The molecule has 1 aliphatic rings. The van der Waals surface area contributed by atoms with E-state index in [4.69, 9.17) is 16.6 Å². The molecule has 5 heteroatoms. The molecule has 1 saturated heterocycles. The zero-order chi connectivity index (χ0) is 16.7. The molecule has 2 heterocycles. The molecule has 0 unspecified atom stereocenters. The van der Waals surface area contributed by atoms with Gasteiger partial charge >= 0.3 is 0 Å². The second-order valence-corrected chi connectivity index (χ2v) is 7.68. The highest BCUT2D eigenvalue weighted by Gasteiger charge is 2.21. The van der Waals surface area contributed by atoms with E-state index >= 15 is 0 Å². The first-order valence-electron chi connectivity index (χ1n) is 8.24. The van der Waals surface area contributed by atoms with E-state index in [2.05, 4.69) is 41.8 Å². The van der Waals surface area contributed by atoms with Crippen LogP contribution in [0, 0.1) is 13.8 Å². The average molecular weight is 358 g/mol. The lowest BCUT2D eigenvalue weighted by molar-refractivity contribution is 0.652. The molecule has 0 radical (unpaired) electrons. The number of nitrogens with zero attached hydrogens (tertiary/aromatic N) is 3. The van der Waals surface area contributed by atoms with Crippen LogP contribution in [0.3, 0.4) is 0 Å². The van der Waals surface area contributed by atoms with Crippen LogP contribution in [0.15, 0.2) is 36.4 Å². The van der Waals surface area contributed by atoms with Crippen molar-refractivity contribution < 1.29 is 0 Å². The Labute approximate surface area is 151 Å². The average Bonchev–Trinajstić information content (AvgIpc) is 3.06. The number of hydrogen-bond acceptors (Lipinski definition) is 4. The first-order valence-corrected chi connectivity index (χ1v) is 9.44. The molecule has 3 aromatic rings. The number of benzene rings is 2. The summed E-state index contributed by atoms with van der Waals surface area (Å²) in [7, 11) is 0. The van der Waals surface area contributed by atoms with Crippen LogP contribution in [0.25, 0.3) is 10.2 Å². The molecule has 0 atom stereocenters. The summed E-state index contributed by atoms with van der Waals surface area (Å²) in [6, 6.07) is 12.4. The fourth-order valence-electron chi connectivity index (χ4n) is 3.23. The summed E-state index contributed by atoms with van der Waals surface area (Å²) in [5.41, 5.74) is 4.86. The van der Waals surface area contributed by atoms with Gasteiger partial charge < -0.3 is 9.80 Å².